The quantitative estimate of drug-likeness (QED) is 0.401. The Kier molecular flexibility index (Phi) is 10.0. The van der Waals surface area contributed by atoms with Gasteiger partial charge >= 0.3 is 18.2 Å². The summed E-state index contributed by atoms with van der Waals surface area (Å²) < 4.78 is 30.7. The average Bonchev–Trinajstić information content (AvgIpc) is 3.26. The number of hydrogen-bond donors (Lipinski definition) is 3. The highest BCUT2D eigenvalue weighted by Crippen LogP contribution is 2.45. The number of allylic oxidation sites excluding steroid dienone is 2. The summed E-state index contributed by atoms with van der Waals surface area (Å²) in [5.41, 5.74) is -2.01. The maximum absolute atomic E-state index is 14.0. The van der Waals surface area contributed by atoms with Crippen molar-refractivity contribution in [3.63, 3.8) is 0 Å². The number of amides is 4. The van der Waals surface area contributed by atoms with Crippen LogP contribution >= 0.6 is 0 Å². The third-order valence-corrected chi connectivity index (χ3v) is 7.90. The molecule has 4 rings (SSSR count). The first-order chi connectivity index (χ1) is 20.7. The fraction of sp³-hybridized carbons (Fsp3) is 0.633. The van der Waals surface area contributed by atoms with E-state index in [1.807, 2.05) is 6.08 Å². The molecule has 13 nitrogen and oxygen atoms in total. The fourth-order valence-electron chi connectivity index (χ4n) is 5.50. The third kappa shape index (κ3) is 7.76. The number of carboxylic acids is 1. The van der Waals surface area contributed by atoms with Crippen LogP contribution in [0.5, 0.6) is 0 Å². The van der Waals surface area contributed by atoms with E-state index in [2.05, 4.69) is 10.6 Å². The second-order valence-electron chi connectivity index (χ2n) is 12.4. The zero-order chi connectivity index (χ0) is 32.2. The summed E-state index contributed by atoms with van der Waals surface area (Å²) in [7, 11) is 0. The van der Waals surface area contributed by atoms with Crippen LogP contribution in [0.25, 0.3) is 0 Å². The van der Waals surface area contributed by atoms with Crippen LogP contribution in [-0.2, 0) is 28.6 Å². The number of fused-ring (bicyclic) bond motifs is 2. The van der Waals surface area contributed by atoms with Crippen molar-refractivity contribution >= 4 is 30.0 Å². The van der Waals surface area contributed by atoms with Crippen LogP contribution in [0.1, 0.15) is 53.4 Å². The Labute approximate surface area is 255 Å². The van der Waals surface area contributed by atoms with Crippen LogP contribution in [0.4, 0.5) is 14.0 Å². The number of rotatable bonds is 4. The minimum absolute atomic E-state index is 0.00352. The second kappa shape index (κ2) is 13.4. The van der Waals surface area contributed by atoms with E-state index in [1.54, 1.807) is 39.8 Å². The first-order valence-corrected chi connectivity index (χ1v) is 14.8. The molecule has 0 radical (unpaired) electrons. The number of carboxylic acid groups (broad SMARTS) is 1. The lowest BCUT2D eigenvalue weighted by atomic mass is 10.1. The Morgan fingerprint density at radius 1 is 1.27 bits per heavy atom. The lowest BCUT2D eigenvalue weighted by molar-refractivity contribution is -0.146. The van der Waals surface area contributed by atoms with E-state index in [9.17, 15) is 33.5 Å². The molecule has 1 saturated heterocycles. The molecule has 0 spiro atoms. The lowest BCUT2D eigenvalue weighted by Gasteiger charge is -2.30. The van der Waals surface area contributed by atoms with Gasteiger partial charge < -0.3 is 39.8 Å². The van der Waals surface area contributed by atoms with Crippen molar-refractivity contribution in [3.8, 4) is 0 Å². The predicted molar refractivity (Wildman–Crippen MR) is 154 cm³/mol. The molecule has 14 heteroatoms. The number of hydrogen-bond acceptors (Lipinski definition) is 8. The summed E-state index contributed by atoms with van der Waals surface area (Å²) in [5, 5.41) is 15.1. The molecule has 1 saturated carbocycles. The fourth-order valence-corrected chi connectivity index (χ4v) is 5.50. The largest absolute Gasteiger partial charge is 0.479 e. The monoisotopic (exact) mass is 620 g/mol. The van der Waals surface area contributed by atoms with Gasteiger partial charge in [0.1, 0.15) is 35.2 Å². The maximum Gasteiger partial charge on any atom is 0.410 e. The van der Waals surface area contributed by atoms with Crippen LogP contribution in [0.2, 0.25) is 0 Å². The highest BCUT2D eigenvalue weighted by Gasteiger charge is 2.61. The molecule has 2 fully saturated rings. The number of aliphatic carboxylic acids is 1. The molecule has 0 aromatic rings. The highest BCUT2D eigenvalue weighted by molar-refractivity contribution is 5.96. The van der Waals surface area contributed by atoms with Gasteiger partial charge in [-0.05, 0) is 47.0 Å². The second-order valence-corrected chi connectivity index (χ2v) is 12.4. The van der Waals surface area contributed by atoms with E-state index in [-0.39, 0.29) is 45.7 Å². The van der Waals surface area contributed by atoms with Gasteiger partial charge in [-0.15, -0.1) is 0 Å². The van der Waals surface area contributed by atoms with E-state index in [0.717, 1.165) is 0 Å². The normalized spacial score (nSPS) is 30.6. The van der Waals surface area contributed by atoms with Gasteiger partial charge in [-0.2, -0.15) is 0 Å². The standard InChI is InChI=1S/C30H41FN4O9/c1-5-21(31)18-10-11-34(15-18)28(41)43-20-13-23-24(36)33-30(26(38)39)14-19(30)9-7-6-8-12-42-17-22(25(37)35(23)16-20)32-27(40)44-29(2,3)4/h5,7,9-10,19-20,22-23H,6,8,11-17H2,1-4H3,(H,32,40)(H,33,36)(H,38,39)/b9-7-,21-5+/t19-,20+,22-,23-,30+/m0/s1. The third-order valence-electron chi connectivity index (χ3n) is 7.90. The molecule has 242 valence electrons. The number of halogens is 1. The average molecular weight is 621 g/mol. The van der Waals surface area contributed by atoms with E-state index in [4.69, 9.17) is 14.2 Å². The van der Waals surface area contributed by atoms with Crippen molar-refractivity contribution in [1.82, 2.24) is 20.4 Å². The van der Waals surface area contributed by atoms with E-state index in [1.165, 1.54) is 15.9 Å². The zero-order valence-corrected chi connectivity index (χ0v) is 25.5. The van der Waals surface area contributed by atoms with Gasteiger partial charge in [0.15, 0.2) is 0 Å². The van der Waals surface area contributed by atoms with Gasteiger partial charge in [-0.1, -0.05) is 24.3 Å². The molecule has 0 aromatic carbocycles. The molecule has 4 amide bonds. The predicted octanol–water partition coefficient (Wildman–Crippen LogP) is 2.43. The maximum atomic E-state index is 14.0. The van der Waals surface area contributed by atoms with Gasteiger partial charge in [0.2, 0.25) is 11.8 Å². The molecule has 4 aliphatic rings. The van der Waals surface area contributed by atoms with Crippen molar-refractivity contribution in [2.45, 2.75) is 82.7 Å². The molecule has 0 unspecified atom stereocenters. The summed E-state index contributed by atoms with van der Waals surface area (Å²) in [6.45, 7) is 6.54. The number of nitrogens with one attached hydrogen (secondary N) is 2. The number of ether oxygens (including phenoxy) is 3. The molecule has 3 aliphatic heterocycles. The topological polar surface area (TPSA) is 164 Å². The number of nitrogens with zero attached hydrogens (tertiary/aromatic N) is 2. The van der Waals surface area contributed by atoms with E-state index in [0.29, 0.717) is 18.4 Å². The summed E-state index contributed by atoms with van der Waals surface area (Å²) >= 11 is 0. The van der Waals surface area contributed by atoms with Crippen molar-refractivity contribution in [3.05, 3.63) is 35.7 Å². The minimum atomic E-state index is -1.52. The summed E-state index contributed by atoms with van der Waals surface area (Å²) in [6, 6.07) is -2.45. The molecule has 5 atom stereocenters. The molecule has 0 aromatic heterocycles. The lowest BCUT2D eigenvalue weighted by Crippen LogP contribution is -2.57. The zero-order valence-electron chi connectivity index (χ0n) is 25.5. The summed E-state index contributed by atoms with van der Waals surface area (Å²) in [4.78, 5) is 67.9. The Balaban J connectivity index is 1.56. The van der Waals surface area contributed by atoms with Crippen LogP contribution in [-0.4, -0.2) is 107 Å². The number of carbonyl (C=O) groups is 5. The molecule has 0 bridgehead atoms. The van der Waals surface area contributed by atoms with Crippen molar-refractivity contribution in [1.29, 1.82) is 0 Å². The summed E-state index contributed by atoms with van der Waals surface area (Å²) in [5.74, 6) is -3.46. The van der Waals surface area contributed by atoms with Gasteiger partial charge in [0.25, 0.3) is 0 Å². The Morgan fingerprint density at radius 3 is 2.70 bits per heavy atom. The molecular formula is C30H41FN4O9. The molecule has 3 heterocycles. The molecular weight excluding hydrogens is 579 g/mol. The SMILES string of the molecule is C/C=C(/F)C1=CCN(C(=O)O[C@@H]2C[C@H]3C(=O)N[C@]4(C(=O)O)C[C@@H]4/C=C\CCCOC[C@H](NC(=O)OC(C)(C)C)C(=O)N3C2)C1. The Bertz CT molecular complexity index is 1260. The highest BCUT2D eigenvalue weighted by atomic mass is 19.1. The smallest absolute Gasteiger partial charge is 0.410 e. The van der Waals surface area contributed by atoms with Gasteiger partial charge in [0, 0.05) is 31.1 Å². The first-order valence-electron chi connectivity index (χ1n) is 14.8. The van der Waals surface area contributed by atoms with Crippen LogP contribution in [0, 0.1) is 5.92 Å². The van der Waals surface area contributed by atoms with Gasteiger partial charge in [-0.3, -0.25) is 9.59 Å². The van der Waals surface area contributed by atoms with Crippen LogP contribution in [0.15, 0.2) is 35.7 Å². The molecule has 44 heavy (non-hydrogen) atoms. The minimum Gasteiger partial charge on any atom is -0.479 e. The first kappa shape index (κ1) is 33.0. The number of carbonyl (C=O) groups excluding carboxylic acids is 4. The van der Waals surface area contributed by atoms with Gasteiger partial charge in [-0.25, -0.2) is 18.8 Å². The molecule has 3 N–H and O–H groups in total. The van der Waals surface area contributed by atoms with E-state index >= 15 is 0 Å². The van der Waals surface area contributed by atoms with Gasteiger partial charge in [0.05, 0.1) is 19.7 Å². The summed E-state index contributed by atoms with van der Waals surface area (Å²) in [6.07, 6.45) is 5.17. The van der Waals surface area contributed by atoms with Crippen LogP contribution in [0.3, 0.4) is 0 Å². The van der Waals surface area contributed by atoms with Crippen molar-refractivity contribution in [2.75, 3.05) is 32.8 Å². The molecule has 1 aliphatic carbocycles. The van der Waals surface area contributed by atoms with Crippen molar-refractivity contribution < 1.29 is 47.7 Å². The number of alkyl carbamates (subject to hydrolysis) is 1. The Hall–Kier alpha value is -3.94. The Morgan fingerprint density at radius 2 is 2.02 bits per heavy atom. The van der Waals surface area contributed by atoms with Crippen molar-refractivity contribution in [2.24, 2.45) is 5.92 Å². The van der Waals surface area contributed by atoms with E-state index < -0.39 is 71.0 Å². The van der Waals surface area contributed by atoms with Crippen LogP contribution < -0.4 is 10.6 Å².